The van der Waals surface area contributed by atoms with Gasteiger partial charge in [-0.3, -0.25) is 14.9 Å². The van der Waals surface area contributed by atoms with Gasteiger partial charge >= 0.3 is 0 Å². The minimum atomic E-state index is -2.98. The summed E-state index contributed by atoms with van der Waals surface area (Å²) in [6, 6.07) is 3.01. The molecule has 7 heteroatoms. The molecule has 4 nitrogen and oxygen atoms in total. The molecule has 0 saturated carbocycles. The number of carbonyl (C=O) groups excluding carboxylic acids is 1. The largest absolute Gasteiger partial charge is 0.294 e. The molecule has 0 fully saturated rings. The van der Waals surface area contributed by atoms with Crippen LogP contribution < -0.4 is 0 Å². The zero-order valence-corrected chi connectivity index (χ0v) is 10.1. The van der Waals surface area contributed by atoms with E-state index >= 15 is 0 Å². The normalized spacial score (nSPS) is 10.6. The number of benzene rings is 1. The van der Waals surface area contributed by atoms with Crippen LogP contribution in [0, 0.1) is 10.1 Å². The molecule has 0 bridgehead atoms. The minimum Gasteiger partial charge on any atom is -0.294 e. The number of nitro groups is 1. The van der Waals surface area contributed by atoms with Crippen LogP contribution in [0.2, 0.25) is 0 Å². The Hall–Kier alpha value is -1.37. The number of nitrogens with zero attached hydrogens (tertiary/aromatic N) is 1. The molecule has 0 aliphatic rings. The second-order valence-electron chi connectivity index (χ2n) is 3.19. The highest BCUT2D eigenvalue weighted by Gasteiger charge is 2.23. The summed E-state index contributed by atoms with van der Waals surface area (Å²) in [5, 5.41) is 10.9. The van der Waals surface area contributed by atoms with E-state index in [-0.39, 0.29) is 17.8 Å². The van der Waals surface area contributed by atoms with Crippen LogP contribution in [0.15, 0.2) is 18.2 Å². The van der Waals surface area contributed by atoms with Gasteiger partial charge in [0.25, 0.3) is 12.1 Å². The number of hydrogen-bond acceptors (Lipinski definition) is 3. The Kier molecular flexibility index (Phi) is 4.68. The molecule has 1 rings (SSSR count). The fraction of sp³-hybridized carbons (Fsp3) is 0.300. The van der Waals surface area contributed by atoms with Crippen molar-refractivity contribution in [3.63, 3.8) is 0 Å². The van der Waals surface area contributed by atoms with Gasteiger partial charge in [0.1, 0.15) is 0 Å². The third-order valence-corrected chi connectivity index (χ3v) is 2.50. The average Bonchev–Trinajstić information content (AvgIpc) is 2.28. The van der Waals surface area contributed by atoms with Crippen molar-refractivity contribution in [1.29, 1.82) is 0 Å². The molecule has 0 amide bonds. The highest BCUT2D eigenvalue weighted by atomic mass is 79.9. The zero-order valence-electron chi connectivity index (χ0n) is 8.53. The second kappa shape index (κ2) is 5.81. The third-order valence-electron chi connectivity index (χ3n) is 2.10. The van der Waals surface area contributed by atoms with Crippen molar-refractivity contribution >= 4 is 27.4 Å². The van der Waals surface area contributed by atoms with Crippen molar-refractivity contribution in [3.05, 3.63) is 39.4 Å². The molecule has 92 valence electrons. The number of halogens is 3. The van der Waals surface area contributed by atoms with E-state index in [0.29, 0.717) is 5.33 Å². The molecule has 17 heavy (non-hydrogen) atoms. The third kappa shape index (κ3) is 3.29. The van der Waals surface area contributed by atoms with Gasteiger partial charge in [0.15, 0.2) is 5.78 Å². The number of carbonyl (C=O) groups is 1. The maximum atomic E-state index is 12.6. The summed E-state index contributed by atoms with van der Waals surface area (Å²) in [6.07, 6.45) is -2.83. The van der Waals surface area contributed by atoms with Crippen LogP contribution in [0.3, 0.4) is 0 Å². The monoisotopic (exact) mass is 307 g/mol. The molecule has 0 radical (unpaired) electrons. The zero-order chi connectivity index (χ0) is 13.0. The van der Waals surface area contributed by atoms with E-state index < -0.39 is 22.6 Å². The van der Waals surface area contributed by atoms with Gasteiger partial charge in [-0.1, -0.05) is 15.9 Å². The maximum absolute atomic E-state index is 12.6. The van der Waals surface area contributed by atoms with Crippen LogP contribution in [0.1, 0.15) is 28.8 Å². The van der Waals surface area contributed by atoms with Gasteiger partial charge in [-0.05, 0) is 12.1 Å². The predicted octanol–water partition coefficient (Wildman–Crippen LogP) is 3.50. The van der Waals surface area contributed by atoms with Gasteiger partial charge in [-0.25, -0.2) is 8.78 Å². The number of hydrogen-bond donors (Lipinski definition) is 0. The van der Waals surface area contributed by atoms with E-state index in [1.54, 1.807) is 0 Å². The van der Waals surface area contributed by atoms with Crippen LogP contribution in [0.4, 0.5) is 14.5 Å². The Labute approximate surface area is 104 Å². The van der Waals surface area contributed by atoms with Crippen LogP contribution in [-0.4, -0.2) is 16.0 Å². The Morgan fingerprint density at radius 1 is 1.47 bits per heavy atom. The topological polar surface area (TPSA) is 60.2 Å². The van der Waals surface area contributed by atoms with E-state index in [2.05, 4.69) is 15.9 Å². The van der Waals surface area contributed by atoms with Crippen molar-refractivity contribution in [1.82, 2.24) is 0 Å². The van der Waals surface area contributed by atoms with Gasteiger partial charge in [-0.15, -0.1) is 0 Å². The molecule has 1 aromatic carbocycles. The van der Waals surface area contributed by atoms with E-state index in [4.69, 9.17) is 0 Å². The quantitative estimate of drug-likeness (QED) is 0.362. The van der Waals surface area contributed by atoms with Crippen molar-refractivity contribution < 1.29 is 18.5 Å². The highest BCUT2D eigenvalue weighted by Crippen LogP contribution is 2.29. The molecular formula is C10H8BrF2NO3. The molecular weight excluding hydrogens is 300 g/mol. The SMILES string of the molecule is O=C(CCBr)c1ccc([N+](=O)[O-])c(C(F)F)c1. The number of ketones is 1. The van der Waals surface area contributed by atoms with Gasteiger partial charge in [-0.2, -0.15) is 0 Å². The Balaban J connectivity index is 3.18. The fourth-order valence-electron chi connectivity index (χ4n) is 1.30. The molecule has 0 heterocycles. The van der Waals surface area contributed by atoms with Gasteiger partial charge in [0.05, 0.1) is 10.5 Å². The van der Waals surface area contributed by atoms with Crippen LogP contribution in [0.25, 0.3) is 0 Å². The van der Waals surface area contributed by atoms with Crippen LogP contribution >= 0.6 is 15.9 Å². The van der Waals surface area contributed by atoms with Gasteiger partial charge < -0.3 is 0 Å². The lowest BCUT2D eigenvalue weighted by Crippen LogP contribution is -2.03. The number of alkyl halides is 3. The van der Waals surface area contributed by atoms with E-state index in [1.807, 2.05) is 0 Å². The highest BCUT2D eigenvalue weighted by molar-refractivity contribution is 9.09. The van der Waals surface area contributed by atoms with Crippen molar-refractivity contribution in [2.75, 3.05) is 5.33 Å². The van der Waals surface area contributed by atoms with Crippen LogP contribution in [0.5, 0.6) is 0 Å². The summed E-state index contributed by atoms with van der Waals surface area (Å²) in [7, 11) is 0. The summed E-state index contributed by atoms with van der Waals surface area (Å²) < 4.78 is 25.2. The number of Topliss-reactive ketones (excluding diaryl/α,β-unsaturated/α-hetero) is 1. The van der Waals surface area contributed by atoms with Gasteiger partial charge in [0.2, 0.25) is 0 Å². The van der Waals surface area contributed by atoms with E-state index in [1.165, 1.54) is 6.07 Å². The number of nitro benzene ring substituents is 1. The lowest BCUT2D eigenvalue weighted by molar-refractivity contribution is -0.386. The molecule has 0 unspecified atom stereocenters. The maximum Gasteiger partial charge on any atom is 0.278 e. The van der Waals surface area contributed by atoms with E-state index in [9.17, 15) is 23.7 Å². The standard InChI is InChI=1S/C10H8BrF2NO3/c11-4-3-9(15)6-1-2-8(14(16)17)7(5-6)10(12)13/h1-2,5,10H,3-4H2. The van der Waals surface area contributed by atoms with Crippen molar-refractivity contribution in [3.8, 4) is 0 Å². The first-order valence-corrected chi connectivity index (χ1v) is 5.75. The summed E-state index contributed by atoms with van der Waals surface area (Å²) in [6.45, 7) is 0. The Morgan fingerprint density at radius 3 is 2.59 bits per heavy atom. The first kappa shape index (κ1) is 13.7. The predicted molar refractivity (Wildman–Crippen MR) is 60.8 cm³/mol. The lowest BCUT2D eigenvalue weighted by Gasteiger charge is -2.04. The Bertz CT molecular complexity index is 451. The molecule has 0 spiro atoms. The molecule has 0 aliphatic carbocycles. The fourth-order valence-corrected chi connectivity index (χ4v) is 1.66. The molecule has 0 aliphatic heterocycles. The summed E-state index contributed by atoms with van der Waals surface area (Å²) in [4.78, 5) is 21.1. The van der Waals surface area contributed by atoms with Crippen molar-refractivity contribution in [2.45, 2.75) is 12.8 Å². The van der Waals surface area contributed by atoms with E-state index in [0.717, 1.165) is 12.1 Å². The second-order valence-corrected chi connectivity index (χ2v) is 3.99. The summed E-state index contributed by atoms with van der Waals surface area (Å²) in [5.74, 6) is -0.335. The molecule has 0 N–H and O–H groups in total. The molecule has 0 aromatic heterocycles. The molecule has 0 saturated heterocycles. The first-order chi connectivity index (χ1) is 7.97. The smallest absolute Gasteiger partial charge is 0.278 e. The first-order valence-electron chi connectivity index (χ1n) is 4.63. The van der Waals surface area contributed by atoms with Crippen LogP contribution in [-0.2, 0) is 0 Å². The van der Waals surface area contributed by atoms with Gasteiger partial charge in [0, 0.05) is 23.4 Å². The summed E-state index contributed by atoms with van der Waals surface area (Å²) >= 11 is 3.06. The summed E-state index contributed by atoms with van der Waals surface area (Å²) in [5.41, 5.74) is -1.34. The molecule has 0 atom stereocenters. The average molecular weight is 308 g/mol. The molecule has 1 aromatic rings. The van der Waals surface area contributed by atoms with Crippen molar-refractivity contribution in [2.24, 2.45) is 0 Å². The lowest BCUT2D eigenvalue weighted by atomic mass is 10.0. The number of rotatable bonds is 5. The Morgan fingerprint density at radius 2 is 2.12 bits per heavy atom. The minimum absolute atomic E-state index is 0.0605.